The van der Waals surface area contributed by atoms with Crippen molar-refractivity contribution >= 4 is 40.6 Å². The molecular weight excluding hydrogens is 534 g/mol. The fourth-order valence-corrected chi connectivity index (χ4v) is 4.33. The third-order valence-corrected chi connectivity index (χ3v) is 6.85. The molecule has 1 aromatic carbocycles. The van der Waals surface area contributed by atoms with Crippen LogP contribution in [0, 0.1) is 5.92 Å². The Morgan fingerprint density at radius 3 is 2.29 bits per heavy atom. The highest BCUT2D eigenvalue weighted by atomic mass is 16.4. The zero-order valence-electron chi connectivity index (χ0n) is 22.7. The van der Waals surface area contributed by atoms with Gasteiger partial charge in [0.05, 0.1) is 18.8 Å². The summed E-state index contributed by atoms with van der Waals surface area (Å²) in [4.78, 5) is 72.0. The van der Waals surface area contributed by atoms with E-state index in [1.54, 1.807) is 13.1 Å². The average Bonchev–Trinajstić information content (AvgIpc) is 3.60. The molecule has 0 saturated carbocycles. The van der Waals surface area contributed by atoms with Gasteiger partial charge in [-0.3, -0.25) is 19.2 Å². The Balaban J connectivity index is 1.75. The number of H-pyrrole nitrogens is 2. The monoisotopic (exact) mass is 569 g/mol. The second kappa shape index (κ2) is 14.1. The highest BCUT2D eigenvalue weighted by Gasteiger charge is 2.33. The zero-order valence-corrected chi connectivity index (χ0v) is 22.7. The quantitative estimate of drug-likeness (QED) is 0.123. The number of nitrogens with zero attached hydrogens (tertiary/aromatic N) is 1. The van der Waals surface area contributed by atoms with Gasteiger partial charge >= 0.3 is 11.9 Å². The molecule has 14 heteroatoms. The largest absolute Gasteiger partial charge is 0.481 e. The molecule has 0 fully saturated rings. The van der Waals surface area contributed by atoms with E-state index in [1.165, 1.54) is 12.5 Å². The Kier molecular flexibility index (Phi) is 10.6. The van der Waals surface area contributed by atoms with Gasteiger partial charge in [-0.15, -0.1) is 0 Å². The molecular formula is C27H35N7O7. The maximum Gasteiger partial charge on any atom is 0.326 e. The fourth-order valence-electron chi connectivity index (χ4n) is 4.33. The third-order valence-electron chi connectivity index (χ3n) is 6.85. The number of rotatable bonds is 15. The number of carbonyl (C=O) groups excluding carboxylic acids is 3. The SMILES string of the molecule is CCC(C)C(NC(=O)C(N)Cc1c[nH]c2ccccc12)C(=O)NC(Cc1cnc[nH]1)C(=O)NC(CC(=O)O)C(=O)O. The predicted octanol–water partition coefficient (Wildman–Crippen LogP) is 0.0633. The van der Waals surface area contributed by atoms with Crippen LogP contribution in [-0.2, 0) is 36.8 Å². The summed E-state index contributed by atoms with van der Waals surface area (Å²) in [6.07, 6.45) is 4.35. The lowest BCUT2D eigenvalue weighted by Gasteiger charge is -2.27. The van der Waals surface area contributed by atoms with Crippen LogP contribution < -0.4 is 21.7 Å². The van der Waals surface area contributed by atoms with E-state index >= 15 is 0 Å². The Bertz CT molecular complexity index is 1370. The molecule has 41 heavy (non-hydrogen) atoms. The van der Waals surface area contributed by atoms with E-state index in [1.807, 2.05) is 31.2 Å². The number of hydrogen-bond donors (Lipinski definition) is 8. The van der Waals surface area contributed by atoms with Crippen molar-refractivity contribution in [2.24, 2.45) is 11.7 Å². The van der Waals surface area contributed by atoms with Crippen molar-refractivity contribution in [2.45, 2.75) is 63.7 Å². The number of fused-ring (bicyclic) bond motifs is 1. The van der Waals surface area contributed by atoms with Crippen molar-refractivity contribution in [1.82, 2.24) is 30.9 Å². The van der Waals surface area contributed by atoms with Crippen molar-refractivity contribution in [3.05, 3.63) is 54.2 Å². The first-order valence-electron chi connectivity index (χ1n) is 13.1. The van der Waals surface area contributed by atoms with E-state index in [2.05, 4.69) is 30.9 Å². The van der Waals surface area contributed by atoms with Crippen LogP contribution in [0.3, 0.4) is 0 Å². The van der Waals surface area contributed by atoms with Crippen molar-refractivity contribution in [3.8, 4) is 0 Å². The number of para-hydroxylation sites is 1. The molecule has 14 nitrogen and oxygen atoms in total. The van der Waals surface area contributed by atoms with Crippen molar-refractivity contribution in [2.75, 3.05) is 0 Å². The van der Waals surface area contributed by atoms with E-state index in [-0.39, 0.29) is 18.8 Å². The predicted molar refractivity (Wildman–Crippen MR) is 147 cm³/mol. The van der Waals surface area contributed by atoms with Gasteiger partial charge in [-0.2, -0.15) is 0 Å². The van der Waals surface area contributed by atoms with E-state index < -0.39 is 60.2 Å². The summed E-state index contributed by atoms with van der Waals surface area (Å²) in [5, 5.41) is 26.7. The van der Waals surface area contributed by atoms with Gasteiger partial charge < -0.3 is 41.9 Å². The molecule has 220 valence electrons. The van der Waals surface area contributed by atoms with Crippen molar-refractivity contribution < 1.29 is 34.2 Å². The smallest absolute Gasteiger partial charge is 0.326 e. The Labute approximate surface area is 235 Å². The molecule has 2 heterocycles. The summed E-state index contributed by atoms with van der Waals surface area (Å²) >= 11 is 0. The molecule has 0 bridgehead atoms. The molecule has 2 aromatic heterocycles. The second-order valence-electron chi connectivity index (χ2n) is 9.88. The lowest BCUT2D eigenvalue weighted by Crippen LogP contribution is -2.59. The molecule has 0 aliphatic heterocycles. The number of imidazole rings is 1. The number of hydrogen-bond acceptors (Lipinski definition) is 7. The molecule has 3 rings (SSSR count). The number of amides is 3. The minimum absolute atomic E-state index is 0.0990. The minimum atomic E-state index is -1.71. The molecule has 9 N–H and O–H groups in total. The van der Waals surface area contributed by atoms with Crippen LogP contribution in [0.4, 0.5) is 0 Å². The zero-order chi connectivity index (χ0) is 30.1. The number of aliphatic carboxylic acids is 2. The number of nitrogens with one attached hydrogen (secondary N) is 5. The van der Waals surface area contributed by atoms with Gasteiger partial charge in [-0.25, -0.2) is 9.78 Å². The molecule has 0 radical (unpaired) electrons. The first kappa shape index (κ1) is 30.8. The fraction of sp³-hybridized carbons (Fsp3) is 0.407. The number of carboxylic acids is 2. The first-order chi connectivity index (χ1) is 19.5. The molecule has 0 saturated heterocycles. The third kappa shape index (κ3) is 8.38. The first-order valence-corrected chi connectivity index (χ1v) is 13.1. The number of aromatic amines is 2. The van der Waals surface area contributed by atoms with Crippen LogP contribution in [-0.4, -0.2) is 79.0 Å². The van der Waals surface area contributed by atoms with Crippen LogP contribution in [0.1, 0.15) is 37.9 Å². The Morgan fingerprint density at radius 2 is 1.66 bits per heavy atom. The number of benzene rings is 1. The normalized spacial score (nSPS) is 14.8. The molecule has 3 aromatic rings. The summed E-state index contributed by atoms with van der Waals surface area (Å²) in [7, 11) is 0. The highest BCUT2D eigenvalue weighted by molar-refractivity contribution is 5.95. The van der Waals surface area contributed by atoms with Crippen LogP contribution in [0.15, 0.2) is 43.0 Å². The maximum absolute atomic E-state index is 13.4. The number of aromatic nitrogens is 3. The standard InChI is InChI=1S/C27H35N7O7/c1-3-14(2)23(34-24(37)18(28)8-15-11-30-19-7-5-4-6-17(15)19)26(39)32-20(9-16-12-29-13-31-16)25(38)33-21(27(40)41)10-22(35)36/h4-7,11-14,18,20-21,23,30H,3,8-10,28H2,1-2H3,(H,29,31)(H,32,39)(H,33,38)(H,34,37)(H,35,36)(H,40,41). The van der Waals surface area contributed by atoms with Gasteiger partial charge in [-0.1, -0.05) is 38.5 Å². The van der Waals surface area contributed by atoms with Crippen LogP contribution in [0.25, 0.3) is 10.9 Å². The molecule has 5 unspecified atom stereocenters. The van der Waals surface area contributed by atoms with Gasteiger partial charge in [-0.05, 0) is 24.0 Å². The van der Waals surface area contributed by atoms with Gasteiger partial charge in [0, 0.05) is 35.4 Å². The minimum Gasteiger partial charge on any atom is -0.481 e. The van der Waals surface area contributed by atoms with E-state index in [0.29, 0.717) is 12.1 Å². The molecule has 0 spiro atoms. The van der Waals surface area contributed by atoms with Gasteiger partial charge in [0.1, 0.15) is 18.1 Å². The summed E-state index contributed by atoms with van der Waals surface area (Å²) in [6.45, 7) is 3.59. The van der Waals surface area contributed by atoms with Crippen LogP contribution >= 0.6 is 0 Å². The Hall–Kier alpha value is -4.72. The lowest BCUT2D eigenvalue weighted by atomic mass is 9.96. The maximum atomic E-state index is 13.4. The van der Waals surface area contributed by atoms with Gasteiger partial charge in [0.2, 0.25) is 17.7 Å². The van der Waals surface area contributed by atoms with Crippen molar-refractivity contribution in [1.29, 1.82) is 0 Å². The number of carboxylic acid groups (broad SMARTS) is 2. The Morgan fingerprint density at radius 1 is 0.951 bits per heavy atom. The molecule has 3 amide bonds. The van der Waals surface area contributed by atoms with Crippen molar-refractivity contribution in [3.63, 3.8) is 0 Å². The van der Waals surface area contributed by atoms with E-state index in [0.717, 1.165) is 16.5 Å². The topological polar surface area (TPSA) is 232 Å². The molecule has 5 atom stereocenters. The summed E-state index contributed by atoms with van der Waals surface area (Å²) in [6, 6.07) is 2.54. The summed E-state index contributed by atoms with van der Waals surface area (Å²) in [5.74, 6) is -5.47. The second-order valence-corrected chi connectivity index (χ2v) is 9.88. The van der Waals surface area contributed by atoms with Gasteiger partial charge in [0.25, 0.3) is 0 Å². The summed E-state index contributed by atoms with van der Waals surface area (Å²) in [5.41, 5.74) is 8.42. The van der Waals surface area contributed by atoms with E-state index in [4.69, 9.17) is 10.8 Å². The highest BCUT2D eigenvalue weighted by Crippen LogP contribution is 2.19. The number of nitrogens with two attached hydrogens (primary N) is 1. The van der Waals surface area contributed by atoms with Crippen LogP contribution in [0.5, 0.6) is 0 Å². The lowest BCUT2D eigenvalue weighted by molar-refractivity contribution is -0.147. The summed E-state index contributed by atoms with van der Waals surface area (Å²) < 4.78 is 0. The molecule has 0 aliphatic carbocycles. The molecule has 0 aliphatic rings. The van der Waals surface area contributed by atoms with E-state index in [9.17, 15) is 29.1 Å². The van der Waals surface area contributed by atoms with Crippen LogP contribution in [0.2, 0.25) is 0 Å². The average molecular weight is 570 g/mol. The van der Waals surface area contributed by atoms with Gasteiger partial charge in [0.15, 0.2) is 0 Å². The number of carbonyl (C=O) groups is 5.